The minimum absolute atomic E-state index is 0.558. The number of aliphatic carboxylic acids is 2. The Bertz CT molecular complexity index is 920. The molecule has 0 unspecified atom stereocenters. The Hall–Kier alpha value is -2.22. The van der Waals surface area contributed by atoms with Gasteiger partial charge in [-0.05, 0) is 18.5 Å². The zero-order valence-corrected chi connectivity index (χ0v) is 15.8. The monoisotopic (exact) mass is 412 g/mol. The molecule has 9 heteroatoms. The van der Waals surface area contributed by atoms with Gasteiger partial charge in [-0.3, -0.25) is 0 Å². The highest BCUT2D eigenvalue weighted by Crippen LogP contribution is 2.43. The van der Waals surface area contributed by atoms with E-state index in [2.05, 4.69) is 9.88 Å². The van der Waals surface area contributed by atoms with Crippen molar-refractivity contribution in [3.05, 3.63) is 39.5 Å². The number of hydrogen-bond acceptors (Lipinski definition) is 4. The third-order valence-electron chi connectivity index (χ3n) is 4.43. The van der Waals surface area contributed by atoms with Crippen LogP contribution in [0.2, 0.25) is 10.0 Å². The van der Waals surface area contributed by atoms with Crippen LogP contribution in [0, 0.1) is 0 Å². The van der Waals surface area contributed by atoms with Gasteiger partial charge >= 0.3 is 11.9 Å². The number of aromatic nitrogens is 1. The van der Waals surface area contributed by atoms with Crippen LogP contribution in [-0.2, 0) is 29.0 Å². The Kier molecular flexibility index (Phi) is 5.94. The lowest BCUT2D eigenvalue weighted by Crippen LogP contribution is -2.19. The molecular weight excluding hydrogens is 395 g/mol. The molecule has 0 amide bonds. The third kappa shape index (κ3) is 4.05. The number of carbonyl (C=O) groups is 2. The van der Waals surface area contributed by atoms with Crippen molar-refractivity contribution in [2.75, 3.05) is 19.7 Å². The predicted molar refractivity (Wildman–Crippen MR) is 102 cm³/mol. The summed E-state index contributed by atoms with van der Waals surface area (Å²) in [6, 6.07) is 1.85. The van der Waals surface area contributed by atoms with E-state index >= 15 is 0 Å². The van der Waals surface area contributed by atoms with Crippen molar-refractivity contribution in [1.29, 1.82) is 0 Å². The van der Waals surface area contributed by atoms with Crippen LogP contribution in [0.25, 0.3) is 10.9 Å². The molecular formula is C18H18Cl2N2O5. The molecule has 0 fully saturated rings. The van der Waals surface area contributed by atoms with Gasteiger partial charge in [0.1, 0.15) is 12.4 Å². The van der Waals surface area contributed by atoms with Gasteiger partial charge in [-0.1, -0.05) is 23.2 Å². The molecule has 1 aromatic carbocycles. The summed E-state index contributed by atoms with van der Waals surface area (Å²) < 4.78 is 8.13. The SMILES string of the molecule is Clc1cc2c3c(c1Cl)c1c(n3CCO2)CCNCC1.O=C(O)C=CC(=O)O. The van der Waals surface area contributed by atoms with Crippen LogP contribution in [0.5, 0.6) is 5.75 Å². The first kappa shape index (κ1) is 19.5. The molecule has 2 aliphatic rings. The van der Waals surface area contributed by atoms with E-state index < -0.39 is 11.9 Å². The van der Waals surface area contributed by atoms with Gasteiger partial charge in [0.15, 0.2) is 0 Å². The standard InChI is InChI=1S/C14H14Cl2N2O.C4H4O4/c15-9-7-11-14-12(13(9)16)8-1-3-17-4-2-10(8)18(14)5-6-19-11;5-3(6)1-2-4(7)8/h7,17H,1-6H2;1-2H,(H,5,6)(H,7,8). The number of nitrogens with zero attached hydrogens (tertiary/aromatic N) is 1. The van der Waals surface area contributed by atoms with E-state index in [1.165, 1.54) is 11.3 Å². The van der Waals surface area contributed by atoms with Crippen molar-refractivity contribution in [2.45, 2.75) is 19.4 Å². The summed E-state index contributed by atoms with van der Waals surface area (Å²) >= 11 is 12.7. The molecule has 0 aliphatic carbocycles. The first-order valence-corrected chi connectivity index (χ1v) is 9.15. The Balaban J connectivity index is 0.000000226. The lowest BCUT2D eigenvalue weighted by molar-refractivity contribution is -0.134. The average molecular weight is 413 g/mol. The number of halogens is 2. The number of rotatable bonds is 2. The average Bonchev–Trinajstić information content (AvgIpc) is 2.78. The molecule has 0 bridgehead atoms. The zero-order valence-electron chi connectivity index (χ0n) is 14.3. The summed E-state index contributed by atoms with van der Waals surface area (Å²) in [6.07, 6.45) is 3.15. The fraction of sp³-hybridized carbons (Fsp3) is 0.333. The van der Waals surface area contributed by atoms with E-state index in [0.717, 1.165) is 49.1 Å². The van der Waals surface area contributed by atoms with Crippen LogP contribution in [0.4, 0.5) is 0 Å². The minimum atomic E-state index is -1.26. The maximum absolute atomic E-state index is 9.55. The van der Waals surface area contributed by atoms with Crippen LogP contribution in [0.1, 0.15) is 11.3 Å². The van der Waals surface area contributed by atoms with E-state index in [1.807, 2.05) is 6.07 Å². The van der Waals surface area contributed by atoms with Gasteiger partial charge in [0, 0.05) is 42.3 Å². The molecule has 0 radical (unpaired) electrons. The smallest absolute Gasteiger partial charge is 0.328 e. The maximum Gasteiger partial charge on any atom is 0.328 e. The van der Waals surface area contributed by atoms with Crippen molar-refractivity contribution in [2.24, 2.45) is 0 Å². The molecule has 1 aromatic heterocycles. The fourth-order valence-electron chi connectivity index (χ4n) is 3.43. The summed E-state index contributed by atoms with van der Waals surface area (Å²) in [6.45, 7) is 3.61. The summed E-state index contributed by atoms with van der Waals surface area (Å²) in [4.78, 5) is 19.1. The highest BCUT2D eigenvalue weighted by atomic mass is 35.5. The second-order valence-electron chi connectivity index (χ2n) is 6.08. The molecule has 0 saturated carbocycles. The normalized spacial score (nSPS) is 15.5. The third-order valence-corrected chi connectivity index (χ3v) is 5.22. The van der Waals surface area contributed by atoms with Crippen LogP contribution in [0.15, 0.2) is 18.2 Å². The van der Waals surface area contributed by atoms with E-state index in [4.69, 9.17) is 38.2 Å². The lowest BCUT2D eigenvalue weighted by atomic mass is 10.1. The Morgan fingerprint density at radius 3 is 2.48 bits per heavy atom. The molecule has 0 atom stereocenters. The molecule has 0 saturated heterocycles. The lowest BCUT2D eigenvalue weighted by Gasteiger charge is -2.19. The molecule has 27 heavy (non-hydrogen) atoms. The highest BCUT2D eigenvalue weighted by molar-refractivity contribution is 6.45. The predicted octanol–water partition coefficient (Wildman–Crippen LogP) is 2.74. The van der Waals surface area contributed by atoms with Crippen molar-refractivity contribution < 1.29 is 24.5 Å². The summed E-state index contributed by atoms with van der Waals surface area (Å²) in [5.74, 6) is -1.64. The fourth-order valence-corrected chi connectivity index (χ4v) is 3.88. The van der Waals surface area contributed by atoms with Crippen LogP contribution < -0.4 is 10.1 Å². The molecule has 3 N–H and O–H groups in total. The van der Waals surface area contributed by atoms with Crippen molar-refractivity contribution in [3.63, 3.8) is 0 Å². The molecule has 144 valence electrons. The number of benzene rings is 1. The van der Waals surface area contributed by atoms with E-state index in [9.17, 15) is 9.59 Å². The number of carboxylic acids is 2. The maximum atomic E-state index is 9.55. The van der Waals surface area contributed by atoms with E-state index in [1.54, 1.807) is 0 Å². The van der Waals surface area contributed by atoms with Gasteiger partial charge in [-0.2, -0.15) is 0 Å². The molecule has 4 rings (SSSR count). The zero-order chi connectivity index (χ0) is 19.6. The van der Waals surface area contributed by atoms with Gasteiger partial charge in [-0.25, -0.2) is 9.59 Å². The van der Waals surface area contributed by atoms with E-state index in [0.29, 0.717) is 28.8 Å². The van der Waals surface area contributed by atoms with E-state index in [-0.39, 0.29) is 0 Å². The minimum Gasteiger partial charge on any atom is -0.489 e. The van der Waals surface area contributed by atoms with Gasteiger partial charge in [0.25, 0.3) is 0 Å². The van der Waals surface area contributed by atoms with Gasteiger partial charge in [0.2, 0.25) is 0 Å². The van der Waals surface area contributed by atoms with Crippen LogP contribution in [-0.4, -0.2) is 46.4 Å². The van der Waals surface area contributed by atoms with Gasteiger partial charge < -0.3 is 24.8 Å². The number of fused-ring (bicyclic) bond motifs is 3. The van der Waals surface area contributed by atoms with Crippen LogP contribution >= 0.6 is 23.2 Å². The van der Waals surface area contributed by atoms with Crippen molar-refractivity contribution in [1.82, 2.24) is 9.88 Å². The topological polar surface area (TPSA) is 101 Å². The Labute approximate surface area is 165 Å². The highest BCUT2D eigenvalue weighted by Gasteiger charge is 2.26. The second kappa shape index (κ2) is 8.21. The molecule has 2 aromatic rings. The van der Waals surface area contributed by atoms with Crippen LogP contribution in [0.3, 0.4) is 0 Å². The number of carboxylic acid groups (broad SMARTS) is 2. The van der Waals surface area contributed by atoms with Crippen molar-refractivity contribution >= 4 is 46.0 Å². The molecule has 7 nitrogen and oxygen atoms in total. The second-order valence-corrected chi connectivity index (χ2v) is 6.86. The van der Waals surface area contributed by atoms with Gasteiger partial charge in [-0.15, -0.1) is 0 Å². The number of ether oxygens (including phenoxy) is 1. The molecule has 2 aliphatic heterocycles. The number of hydrogen-bond donors (Lipinski definition) is 3. The number of nitrogens with one attached hydrogen (secondary N) is 1. The molecule has 0 spiro atoms. The quantitative estimate of drug-likeness (QED) is 0.655. The largest absolute Gasteiger partial charge is 0.489 e. The first-order chi connectivity index (χ1) is 12.9. The van der Waals surface area contributed by atoms with Gasteiger partial charge in [0.05, 0.1) is 22.1 Å². The van der Waals surface area contributed by atoms with Crippen molar-refractivity contribution in [3.8, 4) is 5.75 Å². The molecule has 3 heterocycles. The Morgan fingerprint density at radius 1 is 1.15 bits per heavy atom. The summed E-state index contributed by atoms with van der Waals surface area (Å²) in [5.41, 5.74) is 3.88. The summed E-state index contributed by atoms with van der Waals surface area (Å²) in [7, 11) is 0. The Morgan fingerprint density at radius 2 is 1.81 bits per heavy atom. The first-order valence-electron chi connectivity index (χ1n) is 8.39. The summed E-state index contributed by atoms with van der Waals surface area (Å²) in [5, 5.41) is 21.4.